The number of rotatable bonds is 5. The highest BCUT2D eigenvalue weighted by molar-refractivity contribution is 7.89. The number of ether oxygens (including phenoxy) is 1. The molecule has 2 aromatic carbocycles. The molecular weight excluding hydrogens is 362 g/mol. The maximum Gasteiger partial charge on any atom is 0.242 e. The van der Waals surface area contributed by atoms with Crippen LogP contribution in [0.4, 0.5) is 5.69 Å². The molecule has 1 atom stereocenters. The van der Waals surface area contributed by atoms with Crippen LogP contribution < -0.4 is 14.4 Å². The minimum absolute atomic E-state index is 0.161. The number of para-hydroxylation sites is 3. The number of hydrogen-bond donors (Lipinski definition) is 1. The summed E-state index contributed by atoms with van der Waals surface area (Å²) < 4.78 is 33.8. The molecule has 140 valence electrons. The monoisotopic (exact) mass is 383 g/mol. The second kappa shape index (κ2) is 7.17. The molecule has 0 amide bonds. The number of anilines is 1. The summed E-state index contributed by atoms with van der Waals surface area (Å²) in [5.74, 6) is 0.791. The van der Waals surface area contributed by atoms with E-state index < -0.39 is 10.0 Å². The highest BCUT2D eigenvalue weighted by Crippen LogP contribution is 2.30. The van der Waals surface area contributed by atoms with Crippen molar-refractivity contribution in [1.82, 2.24) is 9.71 Å². The molecule has 6 nitrogen and oxygen atoms in total. The Kier molecular flexibility index (Phi) is 4.72. The number of pyridine rings is 1. The Bertz CT molecular complexity index is 1070. The van der Waals surface area contributed by atoms with E-state index in [-0.39, 0.29) is 10.9 Å². The highest BCUT2D eigenvalue weighted by atomic mass is 32.2. The molecule has 1 aromatic heterocycles. The molecule has 1 saturated heterocycles. The first kappa shape index (κ1) is 17.8. The molecule has 0 saturated carbocycles. The van der Waals surface area contributed by atoms with Crippen molar-refractivity contribution in [2.75, 3.05) is 25.1 Å². The van der Waals surface area contributed by atoms with Crippen LogP contribution in [0.1, 0.15) is 6.42 Å². The lowest BCUT2D eigenvalue weighted by molar-refractivity contribution is 0.415. The van der Waals surface area contributed by atoms with Crippen LogP contribution in [-0.4, -0.2) is 39.6 Å². The van der Waals surface area contributed by atoms with Crippen LogP contribution in [-0.2, 0) is 10.0 Å². The van der Waals surface area contributed by atoms with Gasteiger partial charge in [0.2, 0.25) is 10.0 Å². The summed E-state index contributed by atoms with van der Waals surface area (Å²) in [6.45, 7) is 1.37. The van der Waals surface area contributed by atoms with E-state index in [2.05, 4.69) is 14.6 Å². The third kappa shape index (κ3) is 3.61. The van der Waals surface area contributed by atoms with Gasteiger partial charge in [-0.05, 0) is 30.7 Å². The molecule has 7 heteroatoms. The summed E-state index contributed by atoms with van der Waals surface area (Å²) in [7, 11) is -1.99. The van der Waals surface area contributed by atoms with Gasteiger partial charge in [0, 0.05) is 30.7 Å². The summed E-state index contributed by atoms with van der Waals surface area (Å²) in [4.78, 5) is 6.60. The average Bonchev–Trinajstić information content (AvgIpc) is 3.15. The van der Waals surface area contributed by atoms with E-state index in [1.165, 1.54) is 6.20 Å². The van der Waals surface area contributed by atoms with Crippen molar-refractivity contribution < 1.29 is 13.2 Å². The number of benzene rings is 2. The summed E-state index contributed by atoms with van der Waals surface area (Å²) in [6, 6.07) is 16.8. The Balaban J connectivity index is 1.51. The van der Waals surface area contributed by atoms with Gasteiger partial charge in [0.25, 0.3) is 0 Å². The Morgan fingerprint density at radius 1 is 1.15 bits per heavy atom. The van der Waals surface area contributed by atoms with Crippen molar-refractivity contribution in [3.8, 4) is 5.75 Å². The minimum atomic E-state index is -3.63. The Morgan fingerprint density at radius 2 is 1.93 bits per heavy atom. The van der Waals surface area contributed by atoms with E-state index in [0.717, 1.165) is 35.3 Å². The zero-order chi connectivity index (χ0) is 18.9. The first-order valence-electron chi connectivity index (χ1n) is 8.82. The Hall–Kier alpha value is -2.64. The van der Waals surface area contributed by atoms with Crippen LogP contribution in [0.15, 0.2) is 65.7 Å². The van der Waals surface area contributed by atoms with Gasteiger partial charge < -0.3 is 9.64 Å². The Labute approximate surface area is 158 Å². The molecule has 1 unspecified atom stereocenters. The van der Waals surface area contributed by atoms with Gasteiger partial charge in [-0.2, -0.15) is 0 Å². The Morgan fingerprint density at radius 3 is 2.78 bits per heavy atom. The maximum absolute atomic E-state index is 12.8. The molecule has 2 heterocycles. The number of hydrogen-bond acceptors (Lipinski definition) is 5. The van der Waals surface area contributed by atoms with Gasteiger partial charge in [-0.3, -0.25) is 4.98 Å². The van der Waals surface area contributed by atoms with Crippen molar-refractivity contribution in [3.05, 3.63) is 60.8 Å². The summed E-state index contributed by atoms with van der Waals surface area (Å²) in [5.41, 5.74) is 1.76. The number of fused-ring (bicyclic) bond motifs is 1. The minimum Gasteiger partial charge on any atom is -0.495 e. The lowest BCUT2D eigenvalue weighted by atomic mass is 10.2. The fourth-order valence-corrected chi connectivity index (χ4v) is 4.69. The third-order valence-electron chi connectivity index (χ3n) is 4.81. The molecule has 1 aliphatic rings. The third-order valence-corrected chi connectivity index (χ3v) is 6.30. The van der Waals surface area contributed by atoms with Crippen LogP contribution in [0.3, 0.4) is 0 Å². The van der Waals surface area contributed by atoms with E-state index in [1.54, 1.807) is 13.2 Å². The molecule has 1 fully saturated rings. The molecule has 1 aliphatic heterocycles. The van der Waals surface area contributed by atoms with E-state index in [9.17, 15) is 8.42 Å². The molecular formula is C20H21N3O3S. The molecule has 0 radical (unpaired) electrons. The smallest absolute Gasteiger partial charge is 0.242 e. The van der Waals surface area contributed by atoms with E-state index in [0.29, 0.717) is 6.54 Å². The van der Waals surface area contributed by atoms with Gasteiger partial charge in [-0.25, -0.2) is 13.1 Å². The summed E-state index contributed by atoms with van der Waals surface area (Å²) in [5, 5.41) is 0.808. The van der Waals surface area contributed by atoms with Gasteiger partial charge >= 0.3 is 0 Å². The fourth-order valence-electron chi connectivity index (χ4n) is 3.45. The first-order chi connectivity index (χ1) is 13.1. The van der Waals surface area contributed by atoms with Crippen LogP contribution in [0, 0.1) is 0 Å². The lowest BCUT2D eigenvalue weighted by Gasteiger charge is -2.21. The molecule has 0 aliphatic carbocycles. The van der Waals surface area contributed by atoms with Crippen LogP contribution >= 0.6 is 0 Å². The van der Waals surface area contributed by atoms with Crippen molar-refractivity contribution >= 4 is 26.6 Å². The van der Waals surface area contributed by atoms with Crippen molar-refractivity contribution in [2.24, 2.45) is 0 Å². The standard InChI is InChI=1S/C20H21N3O3S/c1-26-20-9-5-4-8-19(20)23-11-10-16(14-23)22-27(24,25)17-12-15-6-2-3-7-18(15)21-13-17/h2-9,12-13,16,22H,10-11,14H2,1H3. The van der Waals surface area contributed by atoms with E-state index >= 15 is 0 Å². The predicted molar refractivity (Wildman–Crippen MR) is 106 cm³/mol. The van der Waals surface area contributed by atoms with Crippen LogP contribution in [0.5, 0.6) is 5.75 Å². The second-order valence-corrected chi connectivity index (χ2v) is 8.30. The van der Waals surface area contributed by atoms with E-state index in [4.69, 9.17) is 4.74 Å². The predicted octanol–water partition coefficient (Wildman–Crippen LogP) is 2.80. The van der Waals surface area contributed by atoms with Gasteiger partial charge in [0.15, 0.2) is 0 Å². The molecule has 27 heavy (non-hydrogen) atoms. The van der Waals surface area contributed by atoms with Crippen molar-refractivity contribution in [2.45, 2.75) is 17.4 Å². The van der Waals surface area contributed by atoms with Gasteiger partial charge in [-0.15, -0.1) is 0 Å². The zero-order valence-corrected chi connectivity index (χ0v) is 15.8. The number of sulfonamides is 1. The second-order valence-electron chi connectivity index (χ2n) is 6.59. The number of nitrogens with zero attached hydrogens (tertiary/aromatic N) is 2. The van der Waals surface area contributed by atoms with Gasteiger partial charge in [0.05, 0.1) is 18.3 Å². The quantitative estimate of drug-likeness (QED) is 0.734. The number of methoxy groups -OCH3 is 1. The molecule has 1 N–H and O–H groups in total. The average molecular weight is 383 g/mol. The topological polar surface area (TPSA) is 71.5 Å². The number of aromatic nitrogens is 1. The molecule has 3 aromatic rings. The maximum atomic E-state index is 12.8. The summed E-state index contributed by atoms with van der Waals surface area (Å²) in [6.07, 6.45) is 2.15. The SMILES string of the molecule is COc1ccccc1N1CCC(NS(=O)(=O)c2cnc3ccccc3c2)C1. The van der Waals surface area contributed by atoms with Crippen molar-refractivity contribution in [1.29, 1.82) is 0 Å². The lowest BCUT2D eigenvalue weighted by Crippen LogP contribution is -2.37. The molecule has 4 rings (SSSR count). The zero-order valence-electron chi connectivity index (χ0n) is 15.0. The highest BCUT2D eigenvalue weighted by Gasteiger charge is 2.28. The largest absolute Gasteiger partial charge is 0.495 e. The van der Waals surface area contributed by atoms with Gasteiger partial charge in [0.1, 0.15) is 10.6 Å². The fraction of sp³-hybridized carbons (Fsp3) is 0.250. The molecule has 0 spiro atoms. The van der Waals surface area contributed by atoms with Crippen LogP contribution in [0.2, 0.25) is 0 Å². The first-order valence-corrected chi connectivity index (χ1v) is 10.3. The normalized spacial score (nSPS) is 17.4. The number of nitrogens with one attached hydrogen (secondary N) is 1. The molecule has 0 bridgehead atoms. The van der Waals surface area contributed by atoms with Crippen molar-refractivity contribution in [3.63, 3.8) is 0 Å². The van der Waals surface area contributed by atoms with E-state index in [1.807, 2.05) is 48.5 Å². The summed E-state index contributed by atoms with van der Waals surface area (Å²) >= 11 is 0. The van der Waals surface area contributed by atoms with Crippen LogP contribution in [0.25, 0.3) is 10.9 Å². The van der Waals surface area contributed by atoms with Gasteiger partial charge in [-0.1, -0.05) is 30.3 Å².